The first kappa shape index (κ1) is 11.2. The molecule has 0 spiro atoms. The molecule has 0 saturated carbocycles. The molecule has 5 heteroatoms. The van der Waals surface area contributed by atoms with Crippen molar-refractivity contribution >= 4 is 12.0 Å². The molecule has 2 aromatic rings. The first-order valence-electron chi connectivity index (χ1n) is 5.10. The molecule has 0 aliphatic carbocycles. The van der Waals surface area contributed by atoms with E-state index in [1.54, 1.807) is 7.05 Å². The van der Waals surface area contributed by atoms with Gasteiger partial charge in [-0.3, -0.25) is 0 Å². The van der Waals surface area contributed by atoms with Gasteiger partial charge in [0.25, 0.3) is 6.01 Å². The number of anilines is 1. The number of oxazole rings is 1. The third-order valence-corrected chi connectivity index (χ3v) is 2.36. The summed E-state index contributed by atoms with van der Waals surface area (Å²) >= 11 is 0. The molecule has 1 aromatic carbocycles. The summed E-state index contributed by atoms with van der Waals surface area (Å²) in [6, 6.07) is 7.62. The lowest BCUT2D eigenvalue weighted by atomic mass is 10.1. The maximum Gasteiger partial charge on any atom is 0.374 e. The van der Waals surface area contributed by atoms with Crippen LogP contribution in [0.4, 0.5) is 6.01 Å². The Bertz CT molecular complexity index is 543. The highest BCUT2D eigenvalue weighted by Gasteiger charge is 2.20. The molecule has 1 aromatic heterocycles. The zero-order valence-corrected chi connectivity index (χ0v) is 9.52. The summed E-state index contributed by atoms with van der Waals surface area (Å²) in [5, 5.41) is 11.7. The monoisotopic (exact) mass is 232 g/mol. The number of aromatic nitrogens is 1. The van der Waals surface area contributed by atoms with Crippen molar-refractivity contribution in [2.45, 2.75) is 6.92 Å². The lowest BCUT2D eigenvalue weighted by Crippen LogP contribution is -1.96. The average Bonchev–Trinajstić information content (AvgIpc) is 2.74. The van der Waals surface area contributed by atoms with Crippen molar-refractivity contribution in [3.8, 4) is 11.3 Å². The second-order valence-corrected chi connectivity index (χ2v) is 3.62. The van der Waals surface area contributed by atoms with Gasteiger partial charge in [0.05, 0.1) is 0 Å². The average molecular weight is 232 g/mol. The molecule has 0 saturated heterocycles. The topological polar surface area (TPSA) is 75.4 Å². The Labute approximate surface area is 98.1 Å². The summed E-state index contributed by atoms with van der Waals surface area (Å²) < 4.78 is 5.09. The van der Waals surface area contributed by atoms with Crippen molar-refractivity contribution in [1.29, 1.82) is 0 Å². The van der Waals surface area contributed by atoms with Crippen LogP contribution in [0.1, 0.15) is 16.1 Å². The molecular weight excluding hydrogens is 220 g/mol. The van der Waals surface area contributed by atoms with E-state index in [1.807, 2.05) is 31.2 Å². The largest absolute Gasteiger partial charge is 0.475 e. The summed E-state index contributed by atoms with van der Waals surface area (Å²) in [4.78, 5) is 15.1. The van der Waals surface area contributed by atoms with Gasteiger partial charge in [-0.25, -0.2) is 4.79 Å². The maximum absolute atomic E-state index is 11.0. The third-order valence-electron chi connectivity index (χ3n) is 2.36. The molecule has 0 amide bonds. The molecule has 0 aliphatic rings. The molecule has 0 aliphatic heterocycles. The number of carboxylic acid groups (broad SMARTS) is 1. The van der Waals surface area contributed by atoms with E-state index < -0.39 is 5.97 Å². The zero-order chi connectivity index (χ0) is 12.4. The molecule has 88 valence electrons. The Morgan fingerprint density at radius 2 is 2.00 bits per heavy atom. The number of hydrogen-bond donors (Lipinski definition) is 2. The van der Waals surface area contributed by atoms with Crippen LogP contribution in [0.15, 0.2) is 28.7 Å². The van der Waals surface area contributed by atoms with Crippen LogP contribution in [-0.4, -0.2) is 23.1 Å². The van der Waals surface area contributed by atoms with Gasteiger partial charge in [-0.05, 0) is 6.92 Å². The molecule has 17 heavy (non-hydrogen) atoms. The van der Waals surface area contributed by atoms with Gasteiger partial charge in [-0.2, -0.15) is 4.98 Å². The third kappa shape index (κ3) is 2.13. The second kappa shape index (κ2) is 4.29. The second-order valence-electron chi connectivity index (χ2n) is 3.62. The highest BCUT2D eigenvalue weighted by atomic mass is 16.4. The van der Waals surface area contributed by atoms with E-state index in [9.17, 15) is 4.79 Å². The fourth-order valence-corrected chi connectivity index (χ4v) is 1.48. The lowest BCUT2D eigenvalue weighted by molar-refractivity contribution is 0.0665. The highest BCUT2D eigenvalue weighted by Crippen LogP contribution is 2.26. The number of aryl methyl sites for hydroxylation is 1. The van der Waals surface area contributed by atoms with Crippen molar-refractivity contribution in [3.05, 3.63) is 35.6 Å². The van der Waals surface area contributed by atoms with E-state index >= 15 is 0 Å². The number of hydrogen-bond acceptors (Lipinski definition) is 4. The summed E-state index contributed by atoms with van der Waals surface area (Å²) in [7, 11) is 1.62. The lowest BCUT2D eigenvalue weighted by Gasteiger charge is -1.98. The fraction of sp³-hybridized carbons (Fsp3) is 0.167. The van der Waals surface area contributed by atoms with Gasteiger partial charge in [0.2, 0.25) is 5.76 Å². The predicted molar refractivity (Wildman–Crippen MR) is 63.2 cm³/mol. The van der Waals surface area contributed by atoms with E-state index in [4.69, 9.17) is 9.52 Å². The quantitative estimate of drug-likeness (QED) is 0.849. The zero-order valence-electron chi connectivity index (χ0n) is 9.52. The molecule has 5 nitrogen and oxygen atoms in total. The van der Waals surface area contributed by atoms with Gasteiger partial charge in [-0.15, -0.1) is 0 Å². The van der Waals surface area contributed by atoms with E-state index in [0.29, 0.717) is 5.69 Å². The summed E-state index contributed by atoms with van der Waals surface area (Å²) in [6.07, 6.45) is 0. The normalized spacial score (nSPS) is 10.2. The number of aromatic carboxylic acids is 1. The SMILES string of the molecule is CNc1nc(-c2ccc(C)cc2)c(C(=O)O)o1. The number of carbonyl (C=O) groups is 1. The van der Waals surface area contributed by atoms with Crippen LogP contribution in [0.2, 0.25) is 0 Å². The standard InChI is InChI=1S/C12H12N2O3/c1-7-3-5-8(6-4-7)9-10(11(15)16)17-12(13-2)14-9/h3-6H,1-2H3,(H,13,14)(H,15,16). The first-order chi connectivity index (χ1) is 8.11. The van der Waals surface area contributed by atoms with E-state index in [-0.39, 0.29) is 11.8 Å². The van der Waals surface area contributed by atoms with Gasteiger partial charge in [0, 0.05) is 12.6 Å². The summed E-state index contributed by atoms with van der Waals surface area (Å²) in [6.45, 7) is 1.96. The summed E-state index contributed by atoms with van der Waals surface area (Å²) in [5.41, 5.74) is 2.16. The van der Waals surface area contributed by atoms with Crippen LogP contribution >= 0.6 is 0 Å². The molecule has 1 heterocycles. The number of nitrogens with one attached hydrogen (secondary N) is 1. The number of benzene rings is 1. The van der Waals surface area contributed by atoms with Crippen molar-refractivity contribution in [2.24, 2.45) is 0 Å². The molecule has 2 rings (SSSR count). The van der Waals surface area contributed by atoms with Crippen molar-refractivity contribution < 1.29 is 14.3 Å². The Kier molecular flexibility index (Phi) is 2.82. The minimum atomic E-state index is -1.13. The first-order valence-corrected chi connectivity index (χ1v) is 5.10. The van der Waals surface area contributed by atoms with Gasteiger partial charge in [0.1, 0.15) is 5.69 Å². The Morgan fingerprint density at radius 3 is 2.53 bits per heavy atom. The summed E-state index contributed by atoms with van der Waals surface area (Å²) in [5.74, 6) is -1.28. The molecule has 0 fully saturated rings. The molecule has 2 N–H and O–H groups in total. The number of carboxylic acids is 1. The van der Waals surface area contributed by atoms with Crippen LogP contribution in [0.5, 0.6) is 0 Å². The Morgan fingerprint density at radius 1 is 1.35 bits per heavy atom. The molecule has 0 bridgehead atoms. The van der Waals surface area contributed by atoms with E-state index in [0.717, 1.165) is 11.1 Å². The van der Waals surface area contributed by atoms with Crippen LogP contribution < -0.4 is 5.32 Å². The van der Waals surface area contributed by atoms with Crippen molar-refractivity contribution in [1.82, 2.24) is 4.98 Å². The Hall–Kier alpha value is -2.30. The van der Waals surface area contributed by atoms with Crippen LogP contribution in [0.25, 0.3) is 11.3 Å². The van der Waals surface area contributed by atoms with Crippen molar-refractivity contribution in [2.75, 3.05) is 12.4 Å². The minimum absolute atomic E-state index is 0.154. The maximum atomic E-state index is 11.0. The smallest absolute Gasteiger partial charge is 0.374 e. The number of rotatable bonds is 3. The Balaban J connectivity index is 2.53. The fourth-order valence-electron chi connectivity index (χ4n) is 1.48. The van der Waals surface area contributed by atoms with Gasteiger partial charge in [-0.1, -0.05) is 29.8 Å². The molecule has 0 atom stereocenters. The highest BCUT2D eigenvalue weighted by molar-refractivity contribution is 5.92. The van der Waals surface area contributed by atoms with Crippen LogP contribution in [0.3, 0.4) is 0 Å². The van der Waals surface area contributed by atoms with Gasteiger partial charge < -0.3 is 14.8 Å². The van der Waals surface area contributed by atoms with E-state index in [2.05, 4.69) is 10.3 Å². The van der Waals surface area contributed by atoms with Crippen LogP contribution in [-0.2, 0) is 0 Å². The molecular formula is C12H12N2O3. The van der Waals surface area contributed by atoms with E-state index in [1.165, 1.54) is 0 Å². The number of nitrogens with zero attached hydrogens (tertiary/aromatic N) is 1. The minimum Gasteiger partial charge on any atom is -0.475 e. The van der Waals surface area contributed by atoms with Crippen LogP contribution in [0, 0.1) is 6.92 Å². The molecule has 0 unspecified atom stereocenters. The van der Waals surface area contributed by atoms with Gasteiger partial charge in [0.15, 0.2) is 0 Å². The molecule has 0 radical (unpaired) electrons. The van der Waals surface area contributed by atoms with Crippen molar-refractivity contribution in [3.63, 3.8) is 0 Å². The predicted octanol–water partition coefficient (Wildman–Crippen LogP) is 2.39. The van der Waals surface area contributed by atoms with Gasteiger partial charge >= 0.3 is 5.97 Å².